The van der Waals surface area contributed by atoms with Gasteiger partial charge in [0.15, 0.2) is 0 Å². The maximum absolute atomic E-state index is 12.3. The molecule has 0 radical (unpaired) electrons. The molecule has 0 bridgehead atoms. The molecule has 1 atom stereocenters. The maximum Gasteiger partial charge on any atom is 0.324 e. The van der Waals surface area contributed by atoms with Gasteiger partial charge < -0.3 is 4.74 Å². The van der Waals surface area contributed by atoms with Gasteiger partial charge in [0.1, 0.15) is 6.04 Å². The van der Waals surface area contributed by atoms with Crippen LogP contribution >= 0.6 is 11.8 Å². The number of unbranched alkanes of at least 4 members (excludes halogenated alkanes) is 1. The van der Waals surface area contributed by atoms with Gasteiger partial charge in [-0.15, -0.1) is 0 Å². The van der Waals surface area contributed by atoms with Crippen LogP contribution in [-0.4, -0.2) is 39.0 Å². The van der Waals surface area contributed by atoms with E-state index in [1.54, 1.807) is 36.0 Å². The number of sulfonamides is 1. The van der Waals surface area contributed by atoms with Crippen LogP contribution in [-0.2, 0) is 25.3 Å². The summed E-state index contributed by atoms with van der Waals surface area (Å²) < 4.78 is 32.2. The van der Waals surface area contributed by atoms with Crippen molar-refractivity contribution in [1.82, 2.24) is 4.72 Å². The average molecular weight is 360 g/mol. The Labute approximate surface area is 143 Å². The van der Waals surface area contributed by atoms with E-state index in [4.69, 9.17) is 4.74 Å². The topological polar surface area (TPSA) is 72.5 Å². The highest BCUT2D eigenvalue weighted by Gasteiger charge is 2.25. The van der Waals surface area contributed by atoms with E-state index in [-0.39, 0.29) is 5.75 Å². The zero-order chi connectivity index (χ0) is 17.1. The van der Waals surface area contributed by atoms with Crippen LogP contribution in [0.15, 0.2) is 30.3 Å². The highest BCUT2D eigenvalue weighted by molar-refractivity contribution is 7.98. The van der Waals surface area contributed by atoms with Crippen molar-refractivity contribution >= 4 is 27.8 Å². The first kappa shape index (κ1) is 20.0. The van der Waals surface area contributed by atoms with Gasteiger partial charge in [0, 0.05) is 0 Å². The first-order chi connectivity index (χ1) is 11.0. The second-order valence-electron chi connectivity index (χ2n) is 5.22. The fourth-order valence-electron chi connectivity index (χ4n) is 1.93. The third-order valence-electron chi connectivity index (χ3n) is 3.16. The first-order valence-electron chi connectivity index (χ1n) is 7.68. The second kappa shape index (κ2) is 10.7. The summed E-state index contributed by atoms with van der Waals surface area (Å²) in [5.41, 5.74) is 0.683. The minimum Gasteiger partial charge on any atom is -0.465 e. The van der Waals surface area contributed by atoms with E-state index < -0.39 is 22.0 Å². The van der Waals surface area contributed by atoms with Crippen molar-refractivity contribution < 1.29 is 17.9 Å². The van der Waals surface area contributed by atoms with Gasteiger partial charge in [0.2, 0.25) is 10.0 Å². The molecule has 130 valence electrons. The Balaban J connectivity index is 2.68. The molecule has 1 N–H and O–H groups in total. The lowest BCUT2D eigenvalue weighted by Gasteiger charge is -2.17. The van der Waals surface area contributed by atoms with Gasteiger partial charge in [0.05, 0.1) is 12.4 Å². The predicted octanol–water partition coefficient (Wildman–Crippen LogP) is 2.57. The highest BCUT2D eigenvalue weighted by Crippen LogP contribution is 2.09. The maximum atomic E-state index is 12.3. The smallest absolute Gasteiger partial charge is 0.324 e. The van der Waals surface area contributed by atoms with Crippen molar-refractivity contribution in [1.29, 1.82) is 0 Å². The molecule has 1 aromatic rings. The van der Waals surface area contributed by atoms with Crippen molar-refractivity contribution in [2.75, 3.05) is 18.6 Å². The van der Waals surface area contributed by atoms with E-state index in [0.717, 1.165) is 12.8 Å². The molecule has 1 aromatic carbocycles. The Morgan fingerprint density at radius 2 is 2.00 bits per heavy atom. The normalized spacial score (nSPS) is 12.8. The molecule has 0 aromatic heterocycles. The third kappa shape index (κ3) is 8.39. The number of benzene rings is 1. The van der Waals surface area contributed by atoms with E-state index >= 15 is 0 Å². The summed E-state index contributed by atoms with van der Waals surface area (Å²) in [4.78, 5) is 12.1. The Hall–Kier alpha value is -1.05. The fourth-order valence-corrected chi connectivity index (χ4v) is 3.76. The van der Waals surface area contributed by atoms with E-state index in [1.165, 1.54) is 0 Å². The minimum atomic E-state index is -3.60. The van der Waals surface area contributed by atoms with Crippen LogP contribution in [0.4, 0.5) is 0 Å². The number of hydrogen-bond donors (Lipinski definition) is 1. The molecule has 0 heterocycles. The molecular formula is C16H25NO4S2. The van der Waals surface area contributed by atoms with E-state index in [0.29, 0.717) is 24.3 Å². The molecule has 0 aliphatic rings. The number of nitrogens with one attached hydrogen (secondary N) is 1. The summed E-state index contributed by atoms with van der Waals surface area (Å²) in [6, 6.07) is 8.07. The minimum absolute atomic E-state index is 0.147. The van der Waals surface area contributed by atoms with E-state index in [9.17, 15) is 13.2 Å². The molecule has 0 aliphatic heterocycles. The lowest BCUT2D eigenvalue weighted by Crippen LogP contribution is -2.42. The zero-order valence-corrected chi connectivity index (χ0v) is 15.3. The number of thioether (sulfide) groups is 1. The summed E-state index contributed by atoms with van der Waals surface area (Å²) in [6.07, 6.45) is 4.03. The molecule has 0 fully saturated rings. The van der Waals surface area contributed by atoms with E-state index in [2.05, 4.69) is 4.72 Å². The first-order valence-corrected chi connectivity index (χ1v) is 10.7. The van der Waals surface area contributed by atoms with Crippen LogP contribution in [0.2, 0.25) is 0 Å². The van der Waals surface area contributed by atoms with Crippen molar-refractivity contribution in [3.63, 3.8) is 0 Å². The van der Waals surface area contributed by atoms with Crippen molar-refractivity contribution in [2.45, 2.75) is 38.0 Å². The molecule has 0 spiro atoms. The standard InChI is InChI=1S/C16H25NO4S2/c1-3-4-11-21-16(18)15(10-12-22-2)17-23(19,20)13-14-8-6-5-7-9-14/h5-9,15,17H,3-4,10-13H2,1-2H3/t15-/m1/s1. The quantitative estimate of drug-likeness (QED) is 0.486. The van der Waals surface area contributed by atoms with Gasteiger partial charge in [-0.05, 0) is 30.4 Å². The molecule has 0 saturated heterocycles. The van der Waals surface area contributed by atoms with Crippen molar-refractivity contribution in [2.24, 2.45) is 0 Å². The van der Waals surface area contributed by atoms with E-state index in [1.807, 2.05) is 19.2 Å². The van der Waals surface area contributed by atoms with Crippen LogP contribution in [0.3, 0.4) is 0 Å². The number of carbonyl (C=O) groups excluding carboxylic acids is 1. The molecule has 0 aliphatic carbocycles. The van der Waals surface area contributed by atoms with Crippen LogP contribution in [0.5, 0.6) is 0 Å². The lowest BCUT2D eigenvalue weighted by molar-refractivity contribution is -0.145. The third-order valence-corrected chi connectivity index (χ3v) is 5.16. The summed E-state index contributed by atoms with van der Waals surface area (Å²) in [5, 5.41) is 0. The number of esters is 1. The number of rotatable bonds is 11. The summed E-state index contributed by atoms with van der Waals surface area (Å²) >= 11 is 1.56. The molecule has 5 nitrogen and oxygen atoms in total. The monoisotopic (exact) mass is 359 g/mol. The molecule has 7 heteroatoms. The molecule has 23 heavy (non-hydrogen) atoms. The summed E-state index contributed by atoms with van der Waals surface area (Å²) in [6.45, 7) is 2.33. The predicted molar refractivity (Wildman–Crippen MR) is 94.9 cm³/mol. The molecule has 0 unspecified atom stereocenters. The van der Waals surface area contributed by atoms with Gasteiger partial charge >= 0.3 is 5.97 Å². The summed E-state index contributed by atoms with van der Waals surface area (Å²) in [7, 11) is -3.60. The average Bonchev–Trinajstić information content (AvgIpc) is 2.52. The van der Waals surface area contributed by atoms with Gasteiger partial charge in [-0.1, -0.05) is 43.7 Å². The molecule has 1 rings (SSSR count). The number of hydrogen-bond acceptors (Lipinski definition) is 5. The number of ether oxygens (including phenoxy) is 1. The molecular weight excluding hydrogens is 334 g/mol. The summed E-state index contributed by atoms with van der Waals surface area (Å²) in [5.74, 6) is 0.0388. The van der Waals surface area contributed by atoms with Crippen LogP contribution in [0.25, 0.3) is 0 Å². The molecule has 0 saturated carbocycles. The number of carbonyl (C=O) groups is 1. The van der Waals surface area contributed by atoms with Gasteiger partial charge in [-0.25, -0.2) is 13.1 Å². The second-order valence-corrected chi connectivity index (χ2v) is 7.96. The lowest BCUT2D eigenvalue weighted by atomic mass is 10.2. The fraction of sp³-hybridized carbons (Fsp3) is 0.562. The van der Waals surface area contributed by atoms with Crippen LogP contribution in [0.1, 0.15) is 31.7 Å². The Bertz CT molecular complexity index is 561. The van der Waals surface area contributed by atoms with Crippen LogP contribution < -0.4 is 4.72 Å². The molecule has 0 amide bonds. The van der Waals surface area contributed by atoms with Crippen molar-refractivity contribution in [3.05, 3.63) is 35.9 Å². The SMILES string of the molecule is CCCCOC(=O)[C@@H](CCSC)NS(=O)(=O)Cc1ccccc1. The van der Waals surface area contributed by atoms with Gasteiger partial charge in [0.25, 0.3) is 0 Å². The Morgan fingerprint density at radius 1 is 1.30 bits per heavy atom. The van der Waals surface area contributed by atoms with Crippen molar-refractivity contribution in [3.8, 4) is 0 Å². The zero-order valence-electron chi connectivity index (χ0n) is 13.7. The Morgan fingerprint density at radius 3 is 2.61 bits per heavy atom. The van der Waals surface area contributed by atoms with Crippen LogP contribution in [0, 0.1) is 0 Å². The van der Waals surface area contributed by atoms with Gasteiger partial charge in [-0.2, -0.15) is 11.8 Å². The van der Waals surface area contributed by atoms with Gasteiger partial charge in [-0.3, -0.25) is 4.79 Å². The highest BCUT2D eigenvalue weighted by atomic mass is 32.2. The largest absolute Gasteiger partial charge is 0.465 e. The Kier molecular flexibility index (Phi) is 9.28.